The Balaban J connectivity index is 1.98. The van der Waals surface area contributed by atoms with E-state index >= 15 is 0 Å². The SMILES string of the molecule is Cc1ccc(S(=O)(=O)[O][Bi]([O]S(=O)(=O)c2ccc(C)cc2C)([c]2ccccc2)([c]2ccccc2)[c]2ccccc2)c(C)c1. The van der Waals surface area contributed by atoms with Crippen LogP contribution in [0.2, 0.25) is 0 Å². The van der Waals surface area contributed by atoms with Crippen LogP contribution in [0.5, 0.6) is 0 Å². The van der Waals surface area contributed by atoms with E-state index in [0.717, 1.165) is 11.1 Å². The van der Waals surface area contributed by atoms with Crippen molar-refractivity contribution in [2.24, 2.45) is 0 Å². The summed E-state index contributed by atoms with van der Waals surface area (Å²) in [4.78, 5) is -0.121. The van der Waals surface area contributed by atoms with Gasteiger partial charge in [0.2, 0.25) is 0 Å². The summed E-state index contributed by atoms with van der Waals surface area (Å²) in [6.07, 6.45) is 0. The molecule has 0 atom stereocenters. The molecule has 0 aliphatic heterocycles. The van der Waals surface area contributed by atoms with Gasteiger partial charge in [0, 0.05) is 0 Å². The molecule has 9 heteroatoms. The van der Waals surface area contributed by atoms with Gasteiger partial charge in [-0.2, -0.15) is 0 Å². The van der Waals surface area contributed by atoms with E-state index in [2.05, 4.69) is 0 Å². The topological polar surface area (TPSA) is 86.7 Å². The van der Waals surface area contributed by atoms with Gasteiger partial charge in [0.1, 0.15) is 0 Å². The van der Waals surface area contributed by atoms with Crippen LogP contribution in [0.15, 0.2) is 137 Å². The number of hydrogen-bond donors (Lipinski definition) is 0. The van der Waals surface area contributed by atoms with Crippen molar-refractivity contribution in [3.8, 4) is 0 Å². The van der Waals surface area contributed by atoms with E-state index in [4.69, 9.17) is 4.52 Å². The van der Waals surface area contributed by atoms with Crippen LogP contribution in [-0.4, -0.2) is 36.5 Å². The second kappa shape index (κ2) is 11.7. The normalized spacial score (nSPS) is 13.3. The third-order valence-corrected chi connectivity index (χ3v) is 35.9. The van der Waals surface area contributed by atoms with Gasteiger partial charge in [-0.1, -0.05) is 0 Å². The fourth-order valence-corrected chi connectivity index (χ4v) is 37.6. The summed E-state index contributed by atoms with van der Waals surface area (Å²) in [6.45, 7) is 7.11. The minimum absolute atomic E-state index is 0.0603. The molecule has 5 rings (SSSR count). The Kier molecular flexibility index (Phi) is 8.51. The summed E-state index contributed by atoms with van der Waals surface area (Å²) < 4.78 is 72.8. The molecular formula is C34H33BiO6S2. The molecule has 5 aromatic carbocycles. The molecule has 0 bridgehead atoms. The molecule has 0 N–H and O–H groups in total. The van der Waals surface area contributed by atoms with Crippen molar-refractivity contribution in [3.05, 3.63) is 150 Å². The van der Waals surface area contributed by atoms with Gasteiger partial charge in [-0.15, -0.1) is 0 Å². The van der Waals surface area contributed by atoms with Crippen molar-refractivity contribution in [1.82, 2.24) is 0 Å². The predicted octanol–water partition coefficient (Wildman–Crippen LogP) is 5.15. The van der Waals surface area contributed by atoms with Crippen LogP contribution in [0.3, 0.4) is 0 Å². The van der Waals surface area contributed by atoms with Crippen LogP contribution in [0.25, 0.3) is 0 Å². The maximum absolute atomic E-state index is 14.6. The number of benzene rings is 5. The first kappa shape index (κ1) is 31.2. The summed E-state index contributed by atoms with van der Waals surface area (Å²) in [5.41, 5.74) is 2.71. The van der Waals surface area contributed by atoms with Crippen molar-refractivity contribution in [2.75, 3.05) is 0 Å². The zero-order chi connectivity index (χ0) is 30.9. The third-order valence-electron chi connectivity index (χ3n) is 7.36. The van der Waals surface area contributed by atoms with Gasteiger partial charge in [-0.05, 0) is 0 Å². The van der Waals surface area contributed by atoms with E-state index in [1.165, 1.54) is 12.1 Å². The Morgan fingerprint density at radius 3 is 1.02 bits per heavy atom. The number of aryl methyl sites for hydroxylation is 4. The molecule has 0 saturated heterocycles. The Morgan fingerprint density at radius 1 is 0.442 bits per heavy atom. The zero-order valence-electron chi connectivity index (χ0n) is 24.3. The molecule has 0 aliphatic carbocycles. The molecule has 0 amide bonds. The Bertz CT molecular complexity index is 1810. The van der Waals surface area contributed by atoms with Crippen molar-refractivity contribution in [3.63, 3.8) is 0 Å². The quantitative estimate of drug-likeness (QED) is 0.192. The third kappa shape index (κ3) is 5.61. The van der Waals surface area contributed by atoms with E-state index in [0.29, 0.717) is 20.9 Å². The molecule has 0 saturated carbocycles. The predicted molar refractivity (Wildman–Crippen MR) is 172 cm³/mol. The summed E-state index contributed by atoms with van der Waals surface area (Å²) in [5.74, 6) is 0. The van der Waals surface area contributed by atoms with Gasteiger partial charge in [-0.3, -0.25) is 0 Å². The molecule has 222 valence electrons. The van der Waals surface area contributed by atoms with E-state index in [1.54, 1.807) is 129 Å². The number of rotatable bonds is 9. The molecule has 0 unspecified atom stereocenters. The van der Waals surface area contributed by atoms with E-state index in [1.807, 2.05) is 13.8 Å². The van der Waals surface area contributed by atoms with Crippen molar-refractivity contribution in [2.45, 2.75) is 37.5 Å². The molecule has 5 aromatic rings. The van der Waals surface area contributed by atoms with Gasteiger partial charge in [0.25, 0.3) is 0 Å². The molecule has 0 radical (unpaired) electrons. The van der Waals surface area contributed by atoms with Crippen molar-refractivity contribution >= 4 is 49.7 Å². The van der Waals surface area contributed by atoms with E-state index in [9.17, 15) is 16.8 Å². The fraction of sp³-hybridized carbons (Fsp3) is 0.118. The van der Waals surface area contributed by atoms with Crippen LogP contribution in [0.4, 0.5) is 0 Å². The van der Waals surface area contributed by atoms with Gasteiger partial charge in [0.05, 0.1) is 0 Å². The molecule has 0 aromatic heterocycles. The second-order valence-corrected chi connectivity index (χ2v) is 30.5. The monoisotopic (exact) mass is 810 g/mol. The molecular weight excluding hydrogens is 777 g/mol. The fourth-order valence-electron chi connectivity index (χ4n) is 5.43. The summed E-state index contributed by atoms with van der Waals surface area (Å²) in [6, 6.07) is 35.8. The average Bonchev–Trinajstić information content (AvgIpc) is 2.97. The van der Waals surface area contributed by atoms with E-state index < -0.39 is 39.9 Å². The van der Waals surface area contributed by atoms with Crippen molar-refractivity contribution in [1.29, 1.82) is 0 Å². The summed E-state index contributed by atoms with van der Waals surface area (Å²) in [5, 5.41) is 0. The van der Waals surface area contributed by atoms with Crippen LogP contribution in [0, 0.1) is 27.7 Å². The first-order chi connectivity index (χ1) is 20.4. The standard InChI is InChI=1S/2C8H10O3S.3C6H5.Bi/c2*1-6-3-4-8(7(2)5-6)12(9,10)11;3*1-2-4-6-5-3-1;/h2*3-5H,1-2H3,(H,9,10,11);3*1-5H;/q;;;;;+2/p-2. The molecule has 0 aliphatic rings. The van der Waals surface area contributed by atoms with Crippen molar-refractivity contribution < 1.29 is 21.4 Å². The summed E-state index contributed by atoms with van der Waals surface area (Å²) >= 11 is -6.87. The molecule has 43 heavy (non-hydrogen) atoms. The van der Waals surface area contributed by atoms with Gasteiger partial charge >= 0.3 is 258 Å². The van der Waals surface area contributed by atoms with Gasteiger partial charge in [0.15, 0.2) is 0 Å². The summed E-state index contributed by atoms with van der Waals surface area (Å²) in [7, 11) is -9.27. The Morgan fingerprint density at radius 2 is 0.744 bits per heavy atom. The van der Waals surface area contributed by atoms with Crippen LogP contribution in [0.1, 0.15) is 22.3 Å². The van der Waals surface area contributed by atoms with Gasteiger partial charge < -0.3 is 0 Å². The average molecular weight is 811 g/mol. The Hall–Kier alpha value is -3.20. The van der Waals surface area contributed by atoms with Crippen LogP contribution in [-0.2, 0) is 24.8 Å². The first-order valence-electron chi connectivity index (χ1n) is 13.7. The molecule has 0 heterocycles. The van der Waals surface area contributed by atoms with E-state index in [-0.39, 0.29) is 9.79 Å². The first-order valence-corrected chi connectivity index (χ1v) is 24.5. The Labute approximate surface area is 256 Å². The van der Waals surface area contributed by atoms with Gasteiger partial charge in [-0.25, -0.2) is 0 Å². The second-order valence-electron chi connectivity index (χ2n) is 10.6. The maximum atomic E-state index is 14.6. The minimum atomic E-state index is -6.87. The number of hydrogen-bond acceptors (Lipinski definition) is 6. The van der Waals surface area contributed by atoms with Crippen LogP contribution >= 0.6 is 0 Å². The molecule has 0 fully saturated rings. The molecule has 0 spiro atoms. The molecule has 6 nitrogen and oxygen atoms in total. The van der Waals surface area contributed by atoms with Crippen LogP contribution < -0.4 is 9.81 Å². The zero-order valence-corrected chi connectivity index (χ0v) is 29.4.